The Kier molecular flexibility index (Phi) is 5.99. The van der Waals surface area contributed by atoms with Crippen LogP contribution in [0.3, 0.4) is 0 Å². The van der Waals surface area contributed by atoms with E-state index in [9.17, 15) is 0 Å². The predicted octanol–water partition coefficient (Wildman–Crippen LogP) is 4.08. The molecule has 0 saturated heterocycles. The molecule has 4 heteroatoms. The molecular formula is C14H19Br2NO. The Balaban J connectivity index is 1.75. The van der Waals surface area contributed by atoms with Crippen LogP contribution in [0.25, 0.3) is 0 Å². The fourth-order valence-electron chi connectivity index (χ4n) is 2.17. The van der Waals surface area contributed by atoms with Gasteiger partial charge < -0.3 is 4.74 Å². The van der Waals surface area contributed by atoms with Gasteiger partial charge in [-0.05, 0) is 31.0 Å². The highest BCUT2D eigenvalue weighted by molar-refractivity contribution is 9.10. The highest BCUT2D eigenvalue weighted by atomic mass is 79.9. The minimum Gasteiger partial charge on any atom is -0.492 e. The molecule has 0 atom stereocenters. The minimum atomic E-state index is 0.764. The Morgan fingerprint density at radius 3 is 2.72 bits per heavy atom. The molecule has 0 unspecified atom stereocenters. The van der Waals surface area contributed by atoms with Crippen molar-refractivity contribution in [2.24, 2.45) is 0 Å². The van der Waals surface area contributed by atoms with Crippen LogP contribution >= 0.6 is 31.9 Å². The second-order valence-corrected chi connectivity index (χ2v) is 6.32. The molecule has 0 bridgehead atoms. The zero-order valence-electron chi connectivity index (χ0n) is 10.4. The molecule has 1 fully saturated rings. The molecule has 18 heavy (non-hydrogen) atoms. The van der Waals surface area contributed by atoms with E-state index in [1.807, 2.05) is 24.3 Å². The van der Waals surface area contributed by atoms with E-state index in [4.69, 9.17) is 4.74 Å². The molecule has 1 aromatic rings. The Morgan fingerprint density at radius 1 is 1.28 bits per heavy atom. The van der Waals surface area contributed by atoms with Gasteiger partial charge in [-0.2, -0.15) is 0 Å². The van der Waals surface area contributed by atoms with Crippen LogP contribution < -0.4 is 4.74 Å². The van der Waals surface area contributed by atoms with Gasteiger partial charge in [0.25, 0.3) is 0 Å². The van der Waals surface area contributed by atoms with Crippen LogP contribution in [0.2, 0.25) is 0 Å². The highest BCUT2D eigenvalue weighted by Crippen LogP contribution is 2.24. The van der Waals surface area contributed by atoms with Crippen molar-refractivity contribution in [2.45, 2.75) is 25.3 Å². The smallest absolute Gasteiger partial charge is 0.120 e. The summed E-state index contributed by atoms with van der Waals surface area (Å²) in [6.45, 7) is 2.90. The van der Waals surface area contributed by atoms with Crippen LogP contribution in [0.15, 0.2) is 28.7 Å². The summed E-state index contributed by atoms with van der Waals surface area (Å²) in [6, 6.07) is 8.81. The van der Waals surface area contributed by atoms with Crippen molar-refractivity contribution in [3.05, 3.63) is 28.7 Å². The van der Waals surface area contributed by atoms with E-state index in [0.29, 0.717) is 0 Å². The van der Waals surface area contributed by atoms with Gasteiger partial charge in [0.05, 0.1) is 0 Å². The number of ether oxygens (including phenoxy) is 1. The molecule has 0 amide bonds. The molecular weight excluding hydrogens is 358 g/mol. The molecule has 1 aliphatic rings. The van der Waals surface area contributed by atoms with Gasteiger partial charge in [0.1, 0.15) is 12.4 Å². The minimum absolute atomic E-state index is 0.764. The lowest BCUT2D eigenvalue weighted by atomic mass is 9.91. The summed E-state index contributed by atoms with van der Waals surface area (Å²) in [6.07, 6.45) is 4.09. The van der Waals surface area contributed by atoms with Crippen molar-refractivity contribution in [1.29, 1.82) is 0 Å². The molecule has 0 aliphatic heterocycles. The van der Waals surface area contributed by atoms with Crippen molar-refractivity contribution in [3.63, 3.8) is 0 Å². The van der Waals surface area contributed by atoms with Gasteiger partial charge in [0.2, 0.25) is 0 Å². The monoisotopic (exact) mass is 375 g/mol. The van der Waals surface area contributed by atoms with E-state index < -0.39 is 0 Å². The normalized spacial score (nSPS) is 15.7. The number of hydrogen-bond acceptors (Lipinski definition) is 2. The standard InChI is InChI=1S/C14H19Br2NO/c15-7-8-17(13-4-2-5-13)9-10-18-14-6-1-3-12(16)11-14/h1,3,6,11,13H,2,4-5,7-10H2. The van der Waals surface area contributed by atoms with Crippen molar-refractivity contribution in [3.8, 4) is 5.75 Å². The molecule has 0 radical (unpaired) electrons. The highest BCUT2D eigenvalue weighted by Gasteiger charge is 2.23. The number of nitrogens with zero attached hydrogens (tertiary/aromatic N) is 1. The molecule has 0 aromatic heterocycles. The molecule has 0 N–H and O–H groups in total. The summed E-state index contributed by atoms with van der Waals surface area (Å²) < 4.78 is 6.86. The first kappa shape index (κ1) is 14.4. The van der Waals surface area contributed by atoms with E-state index in [1.165, 1.54) is 19.3 Å². The van der Waals surface area contributed by atoms with Crippen LogP contribution in [0.5, 0.6) is 5.75 Å². The van der Waals surface area contributed by atoms with Crippen LogP contribution in [0.4, 0.5) is 0 Å². The molecule has 1 aliphatic carbocycles. The van der Waals surface area contributed by atoms with E-state index >= 15 is 0 Å². The summed E-state index contributed by atoms with van der Waals surface area (Å²) in [5, 5.41) is 1.04. The third-order valence-electron chi connectivity index (χ3n) is 3.41. The van der Waals surface area contributed by atoms with Gasteiger partial charge in [0, 0.05) is 28.9 Å². The summed E-state index contributed by atoms with van der Waals surface area (Å²) >= 11 is 6.98. The summed E-state index contributed by atoms with van der Waals surface area (Å²) in [4.78, 5) is 2.54. The molecule has 100 valence electrons. The molecule has 0 heterocycles. The Labute approximate surface area is 126 Å². The zero-order chi connectivity index (χ0) is 12.8. The number of alkyl halides is 1. The Bertz CT molecular complexity index is 369. The van der Waals surface area contributed by atoms with Gasteiger partial charge in [-0.3, -0.25) is 4.90 Å². The lowest BCUT2D eigenvalue weighted by Crippen LogP contribution is -2.43. The first-order valence-electron chi connectivity index (χ1n) is 6.48. The van der Waals surface area contributed by atoms with Crippen molar-refractivity contribution in [2.75, 3.05) is 25.0 Å². The zero-order valence-corrected chi connectivity index (χ0v) is 13.6. The number of halogens is 2. The predicted molar refractivity (Wildman–Crippen MR) is 82.6 cm³/mol. The van der Waals surface area contributed by atoms with Gasteiger partial charge in [0.15, 0.2) is 0 Å². The largest absolute Gasteiger partial charge is 0.492 e. The van der Waals surface area contributed by atoms with Gasteiger partial charge in [-0.25, -0.2) is 0 Å². The van der Waals surface area contributed by atoms with E-state index in [2.05, 4.69) is 36.8 Å². The van der Waals surface area contributed by atoms with Gasteiger partial charge in [-0.1, -0.05) is 44.3 Å². The second kappa shape index (κ2) is 7.51. The number of rotatable bonds is 7. The van der Waals surface area contributed by atoms with Gasteiger partial charge >= 0.3 is 0 Å². The maximum atomic E-state index is 5.80. The van der Waals surface area contributed by atoms with Crippen LogP contribution in [-0.2, 0) is 0 Å². The van der Waals surface area contributed by atoms with E-state index in [0.717, 1.165) is 41.3 Å². The topological polar surface area (TPSA) is 12.5 Å². The number of hydrogen-bond donors (Lipinski definition) is 0. The fraction of sp³-hybridized carbons (Fsp3) is 0.571. The fourth-order valence-corrected chi connectivity index (χ4v) is 3.01. The average Bonchev–Trinajstić information content (AvgIpc) is 2.27. The Morgan fingerprint density at radius 2 is 2.11 bits per heavy atom. The van der Waals surface area contributed by atoms with Crippen LogP contribution in [-0.4, -0.2) is 36.0 Å². The van der Waals surface area contributed by atoms with Gasteiger partial charge in [-0.15, -0.1) is 0 Å². The van der Waals surface area contributed by atoms with Crippen molar-refractivity contribution < 1.29 is 4.74 Å². The third kappa shape index (κ3) is 4.25. The summed E-state index contributed by atoms with van der Waals surface area (Å²) in [5.41, 5.74) is 0. The maximum Gasteiger partial charge on any atom is 0.120 e. The van der Waals surface area contributed by atoms with E-state index in [1.54, 1.807) is 0 Å². The first-order valence-corrected chi connectivity index (χ1v) is 8.39. The number of benzene rings is 1. The van der Waals surface area contributed by atoms with Crippen molar-refractivity contribution >= 4 is 31.9 Å². The molecule has 2 rings (SSSR count). The Hall–Kier alpha value is -0.0600. The molecule has 1 saturated carbocycles. The summed E-state index contributed by atoms with van der Waals surface area (Å²) in [5.74, 6) is 0.941. The third-order valence-corrected chi connectivity index (χ3v) is 4.25. The molecule has 1 aromatic carbocycles. The average molecular weight is 377 g/mol. The molecule has 2 nitrogen and oxygen atoms in total. The lowest BCUT2D eigenvalue weighted by molar-refractivity contribution is 0.114. The quantitative estimate of drug-likeness (QED) is 0.665. The van der Waals surface area contributed by atoms with E-state index in [-0.39, 0.29) is 0 Å². The first-order chi connectivity index (χ1) is 8.79. The summed E-state index contributed by atoms with van der Waals surface area (Å²) in [7, 11) is 0. The van der Waals surface area contributed by atoms with Crippen LogP contribution in [0.1, 0.15) is 19.3 Å². The lowest BCUT2D eigenvalue weighted by Gasteiger charge is -2.37. The molecule has 0 spiro atoms. The van der Waals surface area contributed by atoms with Crippen LogP contribution in [0, 0.1) is 0 Å². The maximum absolute atomic E-state index is 5.80. The second-order valence-electron chi connectivity index (χ2n) is 4.62. The van der Waals surface area contributed by atoms with Crippen molar-refractivity contribution in [1.82, 2.24) is 4.90 Å². The SMILES string of the molecule is BrCCN(CCOc1cccc(Br)c1)C1CCC1.